The summed E-state index contributed by atoms with van der Waals surface area (Å²) in [4.78, 5) is 14.4. The Hall–Kier alpha value is -2.04. The average molecular weight is 410 g/mol. The summed E-state index contributed by atoms with van der Waals surface area (Å²) in [5.74, 6) is 0. The van der Waals surface area contributed by atoms with Gasteiger partial charge in [0.2, 0.25) is 0 Å². The van der Waals surface area contributed by atoms with Gasteiger partial charge in [-0.2, -0.15) is 5.26 Å². The number of piperidine rings is 1. The third kappa shape index (κ3) is 5.98. The summed E-state index contributed by atoms with van der Waals surface area (Å²) in [5, 5.41) is 13.2. The predicted octanol–water partition coefficient (Wildman–Crippen LogP) is 3.64. The molecule has 6 nitrogen and oxygen atoms in total. The van der Waals surface area contributed by atoms with E-state index in [9.17, 15) is 13.2 Å². The van der Waals surface area contributed by atoms with E-state index in [0.717, 1.165) is 30.1 Å². The first kappa shape index (κ1) is 21.3. The monoisotopic (exact) mass is 409 g/mol. The quantitative estimate of drug-likeness (QED) is 0.821. The van der Waals surface area contributed by atoms with Crippen LogP contribution in [0.1, 0.15) is 43.9 Å². The number of carbonyl (C=O) groups is 1. The van der Waals surface area contributed by atoms with Gasteiger partial charge in [0.25, 0.3) is 0 Å². The standard InChI is InChI=1S/C19H24ClN3O3S/c1-19(2)7-9-23(18(24)22-8-4-10-27(3,25)26)17(12-19)14-5-6-15(13-21)16(20)11-14/h4-6,10-11,17H,7-9,12H2,1-3H3,(H,22,24)/b10-4+. The van der Waals surface area contributed by atoms with Crippen LogP contribution in [-0.4, -0.2) is 38.7 Å². The number of sulfone groups is 1. The molecule has 0 aliphatic carbocycles. The summed E-state index contributed by atoms with van der Waals surface area (Å²) in [6, 6.07) is 6.87. The molecule has 27 heavy (non-hydrogen) atoms. The average Bonchev–Trinajstić information content (AvgIpc) is 2.57. The Kier molecular flexibility index (Phi) is 6.55. The van der Waals surface area contributed by atoms with Gasteiger partial charge in [0.15, 0.2) is 9.84 Å². The minimum absolute atomic E-state index is 0.0675. The number of rotatable bonds is 4. The van der Waals surface area contributed by atoms with Gasteiger partial charge in [-0.15, -0.1) is 0 Å². The molecule has 1 aromatic rings. The van der Waals surface area contributed by atoms with Crippen LogP contribution in [0.3, 0.4) is 0 Å². The van der Waals surface area contributed by atoms with Crippen LogP contribution in [0.5, 0.6) is 0 Å². The van der Waals surface area contributed by atoms with E-state index in [1.165, 1.54) is 6.08 Å². The van der Waals surface area contributed by atoms with E-state index in [1.807, 2.05) is 12.1 Å². The molecule has 1 atom stereocenters. The van der Waals surface area contributed by atoms with Gasteiger partial charge in [0.05, 0.1) is 16.6 Å². The van der Waals surface area contributed by atoms with Crippen LogP contribution in [0.4, 0.5) is 4.79 Å². The highest BCUT2D eigenvalue weighted by Gasteiger charge is 2.36. The summed E-state index contributed by atoms with van der Waals surface area (Å²) in [5.41, 5.74) is 1.35. The Morgan fingerprint density at radius 1 is 1.48 bits per heavy atom. The molecular formula is C19H24ClN3O3S. The summed E-state index contributed by atoms with van der Waals surface area (Å²) in [6.45, 7) is 5.04. The zero-order valence-corrected chi connectivity index (χ0v) is 17.3. The van der Waals surface area contributed by atoms with Crippen molar-refractivity contribution in [1.29, 1.82) is 5.26 Å². The largest absolute Gasteiger partial charge is 0.334 e. The number of likely N-dealkylation sites (tertiary alicyclic amines) is 1. The second-order valence-corrected chi connectivity index (χ2v) is 9.90. The molecule has 146 valence electrons. The SMILES string of the molecule is CC1(C)CCN(C(=O)NC/C=C/S(C)(=O)=O)C(c2ccc(C#N)c(Cl)c2)C1. The molecular weight excluding hydrogens is 386 g/mol. The van der Waals surface area contributed by atoms with E-state index in [1.54, 1.807) is 17.0 Å². The summed E-state index contributed by atoms with van der Waals surface area (Å²) >= 11 is 6.18. The number of nitriles is 1. The van der Waals surface area contributed by atoms with Crippen LogP contribution in [0.25, 0.3) is 0 Å². The van der Waals surface area contributed by atoms with Crippen LogP contribution in [0.2, 0.25) is 5.02 Å². The Labute approximate surface area is 165 Å². The smallest absolute Gasteiger partial charge is 0.318 e. The number of carbonyl (C=O) groups excluding carboxylic acids is 1. The van der Waals surface area contributed by atoms with E-state index in [2.05, 4.69) is 19.2 Å². The first-order valence-electron chi connectivity index (χ1n) is 8.63. The molecule has 1 aromatic carbocycles. The van der Waals surface area contributed by atoms with Crippen molar-refractivity contribution in [2.45, 2.75) is 32.7 Å². The Bertz CT molecular complexity index is 888. The number of nitrogens with zero attached hydrogens (tertiary/aromatic N) is 2. The van der Waals surface area contributed by atoms with E-state index in [-0.39, 0.29) is 24.0 Å². The van der Waals surface area contributed by atoms with Crippen molar-refractivity contribution in [3.63, 3.8) is 0 Å². The van der Waals surface area contributed by atoms with Gasteiger partial charge >= 0.3 is 6.03 Å². The number of urea groups is 1. The number of nitrogens with one attached hydrogen (secondary N) is 1. The Morgan fingerprint density at radius 3 is 2.78 bits per heavy atom. The lowest BCUT2D eigenvalue weighted by Crippen LogP contribution is -2.48. The van der Waals surface area contributed by atoms with Crippen LogP contribution in [0.15, 0.2) is 29.7 Å². The maximum Gasteiger partial charge on any atom is 0.318 e. The highest BCUT2D eigenvalue weighted by Crippen LogP contribution is 2.42. The van der Waals surface area contributed by atoms with Gasteiger partial charge < -0.3 is 10.2 Å². The van der Waals surface area contributed by atoms with Crippen molar-refractivity contribution in [3.8, 4) is 6.07 Å². The predicted molar refractivity (Wildman–Crippen MR) is 106 cm³/mol. The molecule has 1 aliphatic heterocycles. The molecule has 0 spiro atoms. The van der Waals surface area contributed by atoms with Crippen molar-refractivity contribution in [2.24, 2.45) is 5.41 Å². The third-order valence-corrected chi connectivity index (χ3v) is 5.62. The van der Waals surface area contributed by atoms with E-state index in [4.69, 9.17) is 16.9 Å². The van der Waals surface area contributed by atoms with Gasteiger partial charge in [0, 0.05) is 24.8 Å². The zero-order chi connectivity index (χ0) is 20.2. The highest BCUT2D eigenvalue weighted by molar-refractivity contribution is 7.93. The van der Waals surface area contributed by atoms with Gasteiger partial charge in [-0.1, -0.05) is 37.6 Å². The first-order chi connectivity index (χ1) is 12.5. The normalized spacial score (nSPS) is 19.7. The molecule has 1 unspecified atom stereocenters. The van der Waals surface area contributed by atoms with E-state index < -0.39 is 9.84 Å². The number of halogens is 1. The fraction of sp³-hybridized carbons (Fsp3) is 0.474. The second-order valence-electron chi connectivity index (χ2n) is 7.57. The molecule has 0 saturated carbocycles. The van der Waals surface area contributed by atoms with E-state index >= 15 is 0 Å². The van der Waals surface area contributed by atoms with Crippen LogP contribution in [-0.2, 0) is 9.84 Å². The van der Waals surface area contributed by atoms with Crippen LogP contribution < -0.4 is 5.32 Å². The molecule has 0 bridgehead atoms. The zero-order valence-electron chi connectivity index (χ0n) is 15.7. The molecule has 1 saturated heterocycles. The molecule has 1 fully saturated rings. The van der Waals surface area contributed by atoms with Crippen molar-refractivity contribution in [2.75, 3.05) is 19.3 Å². The molecule has 1 heterocycles. The number of benzene rings is 1. The highest BCUT2D eigenvalue weighted by atomic mass is 35.5. The summed E-state index contributed by atoms with van der Waals surface area (Å²) in [7, 11) is -3.21. The fourth-order valence-electron chi connectivity index (χ4n) is 3.16. The van der Waals surface area contributed by atoms with Crippen molar-refractivity contribution in [1.82, 2.24) is 10.2 Å². The van der Waals surface area contributed by atoms with Gasteiger partial charge in [-0.05, 0) is 36.0 Å². The van der Waals surface area contributed by atoms with E-state index in [0.29, 0.717) is 17.1 Å². The van der Waals surface area contributed by atoms with Gasteiger partial charge in [-0.25, -0.2) is 13.2 Å². The molecule has 8 heteroatoms. The lowest BCUT2D eigenvalue weighted by atomic mass is 9.77. The Balaban J connectivity index is 2.20. The van der Waals surface area contributed by atoms with Crippen molar-refractivity contribution in [3.05, 3.63) is 45.8 Å². The summed E-state index contributed by atoms with van der Waals surface area (Å²) in [6.07, 6.45) is 4.14. The fourth-order valence-corrected chi connectivity index (χ4v) is 3.83. The molecule has 0 radical (unpaired) electrons. The van der Waals surface area contributed by atoms with Crippen molar-refractivity contribution < 1.29 is 13.2 Å². The van der Waals surface area contributed by atoms with Crippen LogP contribution in [0, 0.1) is 16.7 Å². The van der Waals surface area contributed by atoms with Gasteiger partial charge in [0.1, 0.15) is 6.07 Å². The minimum Gasteiger partial charge on any atom is -0.334 e. The number of hydrogen-bond acceptors (Lipinski definition) is 4. The lowest BCUT2D eigenvalue weighted by molar-refractivity contribution is 0.0921. The second kappa shape index (κ2) is 8.32. The van der Waals surface area contributed by atoms with Crippen LogP contribution >= 0.6 is 11.6 Å². The molecule has 2 amide bonds. The molecule has 1 aliphatic rings. The minimum atomic E-state index is -3.21. The molecule has 1 N–H and O–H groups in total. The maximum atomic E-state index is 12.7. The molecule has 2 rings (SSSR count). The van der Waals surface area contributed by atoms with Crippen molar-refractivity contribution >= 4 is 27.5 Å². The summed E-state index contributed by atoms with van der Waals surface area (Å²) < 4.78 is 22.3. The third-order valence-electron chi connectivity index (χ3n) is 4.63. The number of amides is 2. The number of hydrogen-bond donors (Lipinski definition) is 1. The topological polar surface area (TPSA) is 90.3 Å². The Morgan fingerprint density at radius 2 is 2.19 bits per heavy atom. The van der Waals surface area contributed by atoms with Gasteiger partial charge in [-0.3, -0.25) is 0 Å². The first-order valence-corrected chi connectivity index (χ1v) is 11.0. The molecule has 0 aromatic heterocycles. The maximum absolute atomic E-state index is 12.7. The lowest BCUT2D eigenvalue weighted by Gasteiger charge is -2.43.